The SMILES string of the molecule is O=C1Cc2cc(Br)ccc2N1Cc1cocn1. The molecule has 5 heteroatoms. The number of carbonyl (C=O) groups excluding carboxylic acids is 1. The Morgan fingerprint density at radius 1 is 1.47 bits per heavy atom. The van der Waals surface area contributed by atoms with E-state index in [1.807, 2.05) is 18.2 Å². The Kier molecular flexibility index (Phi) is 2.48. The maximum atomic E-state index is 11.9. The van der Waals surface area contributed by atoms with Gasteiger partial charge in [0.15, 0.2) is 6.39 Å². The Morgan fingerprint density at radius 2 is 2.35 bits per heavy atom. The van der Waals surface area contributed by atoms with Crippen LogP contribution in [0.2, 0.25) is 0 Å². The summed E-state index contributed by atoms with van der Waals surface area (Å²) in [6, 6.07) is 5.87. The molecule has 0 radical (unpaired) electrons. The molecule has 0 aliphatic carbocycles. The van der Waals surface area contributed by atoms with Gasteiger partial charge in [-0.1, -0.05) is 15.9 Å². The van der Waals surface area contributed by atoms with Gasteiger partial charge in [0, 0.05) is 10.2 Å². The summed E-state index contributed by atoms with van der Waals surface area (Å²) in [5.74, 6) is 0.0982. The molecule has 1 aromatic heterocycles. The van der Waals surface area contributed by atoms with Gasteiger partial charge in [-0.3, -0.25) is 4.79 Å². The first-order chi connectivity index (χ1) is 8.24. The lowest BCUT2D eigenvalue weighted by Gasteiger charge is -2.15. The van der Waals surface area contributed by atoms with Crippen LogP contribution in [0.1, 0.15) is 11.3 Å². The third kappa shape index (κ3) is 1.86. The first kappa shape index (κ1) is 10.5. The first-order valence-corrected chi connectivity index (χ1v) is 5.99. The van der Waals surface area contributed by atoms with E-state index in [-0.39, 0.29) is 5.91 Å². The normalized spacial score (nSPS) is 14.2. The Balaban J connectivity index is 1.94. The summed E-state index contributed by atoms with van der Waals surface area (Å²) in [6.45, 7) is 0.462. The van der Waals surface area contributed by atoms with E-state index < -0.39 is 0 Å². The lowest BCUT2D eigenvalue weighted by molar-refractivity contribution is -0.117. The molecule has 0 saturated carbocycles. The molecule has 17 heavy (non-hydrogen) atoms. The van der Waals surface area contributed by atoms with Crippen LogP contribution in [0.3, 0.4) is 0 Å². The molecule has 1 amide bonds. The van der Waals surface area contributed by atoms with E-state index in [4.69, 9.17) is 4.42 Å². The fourth-order valence-corrected chi connectivity index (χ4v) is 2.41. The van der Waals surface area contributed by atoms with Crippen molar-refractivity contribution in [3.05, 3.63) is 46.6 Å². The molecule has 2 aromatic rings. The molecule has 0 bridgehead atoms. The van der Waals surface area contributed by atoms with Crippen LogP contribution in [0.4, 0.5) is 5.69 Å². The molecule has 1 aliphatic heterocycles. The van der Waals surface area contributed by atoms with Crippen molar-refractivity contribution < 1.29 is 9.21 Å². The highest BCUT2D eigenvalue weighted by molar-refractivity contribution is 9.10. The summed E-state index contributed by atoms with van der Waals surface area (Å²) in [5, 5.41) is 0. The molecule has 0 atom stereocenters. The van der Waals surface area contributed by atoms with Gasteiger partial charge < -0.3 is 9.32 Å². The standard InChI is InChI=1S/C12H9BrN2O2/c13-9-1-2-11-8(3-9)4-12(16)15(11)5-10-6-17-7-14-10/h1-3,6-7H,4-5H2. The van der Waals surface area contributed by atoms with E-state index in [0.29, 0.717) is 13.0 Å². The molecule has 0 spiro atoms. The minimum absolute atomic E-state index is 0.0982. The van der Waals surface area contributed by atoms with Crippen molar-refractivity contribution >= 4 is 27.5 Å². The highest BCUT2D eigenvalue weighted by Gasteiger charge is 2.27. The molecule has 0 N–H and O–H groups in total. The maximum Gasteiger partial charge on any atom is 0.231 e. The molecule has 0 unspecified atom stereocenters. The second-order valence-electron chi connectivity index (χ2n) is 3.91. The van der Waals surface area contributed by atoms with Crippen molar-refractivity contribution in [3.8, 4) is 0 Å². The summed E-state index contributed by atoms with van der Waals surface area (Å²) in [4.78, 5) is 17.7. The number of oxazole rings is 1. The van der Waals surface area contributed by atoms with Gasteiger partial charge in [-0.15, -0.1) is 0 Å². The van der Waals surface area contributed by atoms with Crippen molar-refractivity contribution in [2.45, 2.75) is 13.0 Å². The average Bonchev–Trinajstić information content (AvgIpc) is 2.88. The predicted octanol–water partition coefficient (Wildman–Crippen LogP) is 2.53. The number of carbonyl (C=O) groups is 1. The van der Waals surface area contributed by atoms with Gasteiger partial charge >= 0.3 is 0 Å². The molecule has 2 heterocycles. The fraction of sp³-hybridized carbons (Fsp3) is 0.167. The van der Waals surface area contributed by atoms with Crippen LogP contribution in [0.5, 0.6) is 0 Å². The number of rotatable bonds is 2. The van der Waals surface area contributed by atoms with E-state index in [9.17, 15) is 4.79 Å². The quantitative estimate of drug-likeness (QED) is 0.854. The van der Waals surface area contributed by atoms with Gasteiger partial charge in [0.1, 0.15) is 6.26 Å². The number of fused-ring (bicyclic) bond motifs is 1. The number of hydrogen-bond donors (Lipinski definition) is 0. The summed E-state index contributed by atoms with van der Waals surface area (Å²) < 4.78 is 5.90. The zero-order valence-electron chi connectivity index (χ0n) is 8.89. The summed E-state index contributed by atoms with van der Waals surface area (Å²) >= 11 is 3.41. The smallest absolute Gasteiger partial charge is 0.231 e. The van der Waals surface area contributed by atoms with Crippen LogP contribution in [0.25, 0.3) is 0 Å². The topological polar surface area (TPSA) is 46.3 Å². The number of aromatic nitrogens is 1. The molecule has 0 saturated heterocycles. The van der Waals surface area contributed by atoms with Gasteiger partial charge in [-0.2, -0.15) is 0 Å². The Hall–Kier alpha value is -1.62. The first-order valence-electron chi connectivity index (χ1n) is 5.20. The van der Waals surface area contributed by atoms with Gasteiger partial charge in [-0.25, -0.2) is 4.98 Å². The van der Waals surface area contributed by atoms with E-state index in [2.05, 4.69) is 20.9 Å². The number of anilines is 1. The fourth-order valence-electron chi connectivity index (χ4n) is 2.00. The molecule has 4 nitrogen and oxygen atoms in total. The van der Waals surface area contributed by atoms with Crippen LogP contribution in [0.15, 0.2) is 39.7 Å². The Morgan fingerprint density at radius 3 is 3.12 bits per heavy atom. The van der Waals surface area contributed by atoms with E-state index in [1.165, 1.54) is 6.39 Å². The third-order valence-electron chi connectivity index (χ3n) is 2.78. The van der Waals surface area contributed by atoms with Crippen LogP contribution >= 0.6 is 15.9 Å². The van der Waals surface area contributed by atoms with Crippen LogP contribution < -0.4 is 4.90 Å². The summed E-state index contributed by atoms with van der Waals surface area (Å²) in [6.07, 6.45) is 3.38. The second kappa shape index (κ2) is 4.00. The molecular formula is C12H9BrN2O2. The lowest BCUT2D eigenvalue weighted by atomic mass is 10.2. The second-order valence-corrected chi connectivity index (χ2v) is 4.83. The van der Waals surface area contributed by atoms with Crippen LogP contribution in [-0.2, 0) is 17.8 Å². The van der Waals surface area contributed by atoms with Gasteiger partial charge in [-0.05, 0) is 23.8 Å². The van der Waals surface area contributed by atoms with Crippen molar-refractivity contribution in [3.63, 3.8) is 0 Å². The summed E-state index contributed by atoms with van der Waals surface area (Å²) in [7, 11) is 0. The van der Waals surface area contributed by atoms with Gasteiger partial charge in [0.25, 0.3) is 0 Å². The van der Waals surface area contributed by atoms with Gasteiger partial charge in [0.05, 0.1) is 18.7 Å². The van der Waals surface area contributed by atoms with E-state index >= 15 is 0 Å². The molecular weight excluding hydrogens is 284 g/mol. The zero-order valence-corrected chi connectivity index (χ0v) is 10.5. The minimum atomic E-state index is 0.0982. The van der Waals surface area contributed by atoms with Crippen LogP contribution in [0, 0.1) is 0 Å². The van der Waals surface area contributed by atoms with Crippen LogP contribution in [-0.4, -0.2) is 10.9 Å². The lowest BCUT2D eigenvalue weighted by Crippen LogP contribution is -2.26. The zero-order chi connectivity index (χ0) is 11.8. The maximum absolute atomic E-state index is 11.9. The largest absolute Gasteiger partial charge is 0.451 e. The van der Waals surface area contributed by atoms with E-state index in [0.717, 1.165) is 21.4 Å². The van der Waals surface area contributed by atoms with Crippen molar-refractivity contribution in [2.24, 2.45) is 0 Å². The third-order valence-corrected chi connectivity index (χ3v) is 3.27. The number of benzene rings is 1. The molecule has 1 aliphatic rings. The number of nitrogens with zero attached hydrogens (tertiary/aromatic N) is 2. The monoisotopic (exact) mass is 292 g/mol. The number of halogens is 1. The highest BCUT2D eigenvalue weighted by Crippen LogP contribution is 2.32. The number of hydrogen-bond acceptors (Lipinski definition) is 3. The predicted molar refractivity (Wildman–Crippen MR) is 65.5 cm³/mol. The molecule has 3 rings (SSSR count). The summed E-state index contributed by atoms with van der Waals surface area (Å²) in [5.41, 5.74) is 2.77. The van der Waals surface area contributed by atoms with Crippen molar-refractivity contribution in [1.82, 2.24) is 4.98 Å². The Labute approximate surface area is 106 Å². The molecule has 0 fully saturated rings. The minimum Gasteiger partial charge on any atom is -0.451 e. The molecule has 86 valence electrons. The van der Waals surface area contributed by atoms with Gasteiger partial charge in [0.2, 0.25) is 5.91 Å². The van der Waals surface area contributed by atoms with Crippen molar-refractivity contribution in [2.75, 3.05) is 4.90 Å². The van der Waals surface area contributed by atoms with Crippen molar-refractivity contribution in [1.29, 1.82) is 0 Å². The Bertz CT molecular complexity index is 566. The highest BCUT2D eigenvalue weighted by atomic mass is 79.9. The number of amides is 1. The average molecular weight is 293 g/mol. The van der Waals surface area contributed by atoms with E-state index in [1.54, 1.807) is 11.2 Å². The molecule has 1 aromatic carbocycles.